The summed E-state index contributed by atoms with van der Waals surface area (Å²) in [5.74, 6) is 0.989. The van der Waals surface area contributed by atoms with Gasteiger partial charge in [-0.2, -0.15) is 0 Å². The predicted octanol–water partition coefficient (Wildman–Crippen LogP) is 6.04. The van der Waals surface area contributed by atoms with E-state index in [0.29, 0.717) is 62.3 Å². The average molecular weight is 704 g/mol. The number of carbonyl (C=O) groups is 2. The Labute approximate surface area is 298 Å². The van der Waals surface area contributed by atoms with Crippen molar-refractivity contribution in [3.8, 4) is 17.2 Å². The third kappa shape index (κ3) is 7.79. The Balaban J connectivity index is 1.31. The van der Waals surface area contributed by atoms with Gasteiger partial charge >= 0.3 is 5.97 Å². The highest BCUT2D eigenvalue weighted by Crippen LogP contribution is 2.32. The van der Waals surface area contributed by atoms with Crippen LogP contribution in [0.25, 0.3) is 6.08 Å². The SMILES string of the molecule is CCOC(=O)c1ccc(COc2ccc(/C=c3\sc4n(c3=O)[C@H](c3ccc(OCC)cc3)C(C(=O)Nc3ccccc3)=C(C)N=4)cc2OC)cc1. The number of carbonyl (C=O) groups excluding carboxylic acids is 2. The van der Waals surface area contributed by atoms with Crippen molar-refractivity contribution in [2.75, 3.05) is 25.6 Å². The van der Waals surface area contributed by atoms with Crippen molar-refractivity contribution in [1.29, 1.82) is 0 Å². The molecule has 2 heterocycles. The van der Waals surface area contributed by atoms with Gasteiger partial charge in [0.05, 0.1) is 47.7 Å². The molecular formula is C40H37N3O7S. The summed E-state index contributed by atoms with van der Waals surface area (Å²) in [7, 11) is 1.55. The summed E-state index contributed by atoms with van der Waals surface area (Å²) >= 11 is 1.25. The van der Waals surface area contributed by atoms with Gasteiger partial charge in [-0.15, -0.1) is 0 Å². The summed E-state index contributed by atoms with van der Waals surface area (Å²) in [6.45, 7) is 6.55. The second-order valence-electron chi connectivity index (χ2n) is 11.5. The van der Waals surface area contributed by atoms with E-state index in [0.717, 1.165) is 16.7 Å². The van der Waals surface area contributed by atoms with Crippen LogP contribution in [-0.2, 0) is 16.1 Å². The minimum Gasteiger partial charge on any atom is -0.494 e. The number of allylic oxidation sites excluding steroid dienone is 1. The van der Waals surface area contributed by atoms with Gasteiger partial charge < -0.3 is 24.3 Å². The Hall–Kier alpha value is -5.94. The minimum absolute atomic E-state index is 0.252. The summed E-state index contributed by atoms with van der Waals surface area (Å²) in [4.78, 5) is 45.3. The Bertz CT molecular complexity index is 2260. The lowest BCUT2D eigenvalue weighted by Gasteiger charge is -2.25. The van der Waals surface area contributed by atoms with Crippen LogP contribution in [0.2, 0.25) is 0 Å². The summed E-state index contributed by atoms with van der Waals surface area (Å²) < 4.78 is 24.4. The molecule has 260 valence electrons. The number of methoxy groups -OCH3 is 1. The summed E-state index contributed by atoms with van der Waals surface area (Å²) in [6.07, 6.45) is 1.78. The third-order valence-corrected chi connectivity index (χ3v) is 9.13. The number of ether oxygens (including phenoxy) is 4. The van der Waals surface area contributed by atoms with Crippen LogP contribution < -0.4 is 34.4 Å². The van der Waals surface area contributed by atoms with Crippen LogP contribution in [-0.4, -0.2) is 36.8 Å². The van der Waals surface area contributed by atoms with Gasteiger partial charge in [0.1, 0.15) is 12.4 Å². The number of benzene rings is 4. The largest absolute Gasteiger partial charge is 0.494 e. The van der Waals surface area contributed by atoms with E-state index in [-0.39, 0.29) is 24.0 Å². The molecule has 1 amide bonds. The molecular weight excluding hydrogens is 667 g/mol. The first-order valence-corrected chi connectivity index (χ1v) is 17.3. The second kappa shape index (κ2) is 15.7. The van der Waals surface area contributed by atoms with Crippen molar-refractivity contribution in [3.63, 3.8) is 0 Å². The van der Waals surface area contributed by atoms with Gasteiger partial charge in [0.2, 0.25) is 0 Å². The zero-order chi connectivity index (χ0) is 35.9. The van der Waals surface area contributed by atoms with Crippen molar-refractivity contribution in [2.45, 2.75) is 33.4 Å². The first-order valence-electron chi connectivity index (χ1n) is 16.5. The van der Waals surface area contributed by atoms with Crippen LogP contribution >= 0.6 is 11.3 Å². The Morgan fingerprint density at radius 3 is 2.33 bits per heavy atom. The Morgan fingerprint density at radius 2 is 1.65 bits per heavy atom. The fourth-order valence-corrected chi connectivity index (χ4v) is 6.76. The molecule has 1 aliphatic heterocycles. The number of amides is 1. The number of aromatic nitrogens is 1. The van der Waals surface area contributed by atoms with E-state index in [2.05, 4.69) is 5.32 Å². The zero-order valence-corrected chi connectivity index (χ0v) is 29.5. The summed E-state index contributed by atoms with van der Waals surface area (Å²) in [5, 5.41) is 2.97. The summed E-state index contributed by atoms with van der Waals surface area (Å²) in [6, 6.07) is 28.3. The molecule has 0 unspecified atom stereocenters. The number of hydrogen-bond acceptors (Lipinski definition) is 9. The van der Waals surface area contributed by atoms with Crippen molar-refractivity contribution in [2.24, 2.45) is 4.99 Å². The van der Waals surface area contributed by atoms with Gasteiger partial charge in [-0.25, -0.2) is 9.79 Å². The highest BCUT2D eigenvalue weighted by molar-refractivity contribution is 7.07. The number of rotatable bonds is 12. The summed E-state index contributed by atoms with van der Waals surface area (Å²) in [5.41, 5.74) is 4.06. The standard InChI is InChI=1S/C40H37N3O7S/c1-5-48-31-19-17-28(18-20-31)36-35(37(44)42-30-10-8-7-9-11-30)25(3)41-40-43(36)38(45)34(51-40)23-27-14-21-32(33(22-27)47-4)50-24-26-12-15-29(16-13-26)39(46)49-6-2/h7-23,36H,5-6,24H2,1-4H3,(H,42,44)/b34-23-/t36-/m1/s1. The first kappa shape index (κ1) is 34.9. The van der Waals surface area contributed by atoms with E-state index in [1.807, 2.05) is 79.7 Å². The maximum absolute atomic E-state index is 14.2. The normalized spacial score (nSPS) is 14.0. The van der Waals surface area contributed by atoms with Crippen molar-refractivity contribution >= 4 is 35.0 Å². The predicted molar refractivity (Wildman–Crippen MR) is 196 cm³/mol. The van der Waals surface area contributed by atoms with Crippen molar-refractivity contribution in [3.05, 3.63) is 150 Å². The van der Waals surface area contributed by atoms with Crippen LogP contribution in [0.1, 0.15) is 53.9 Å². The first-order chi connectivity index (χ1) is 24.8. The number of anilines is 1. The van der Waals surface area contributed by atoms with Crippen molar-refractivity contribution < 1.29 is 28.5 Å². The molecule has 1 aromatic heterocycles. The molecule has 0 saturated carbocycles. The molecule has 0 spiro atoms. The van der Waals surface area contributed by atoms with E-state index in [1.165, 1.54) is 11.3 Å². The lowest BCUT2D eigenvalue weighted by atomic mass is 9.95. The van der Waals surface area contributed by atoms with E-state index >= 15 is 0 Å². The molecule has 0 fully saturated rings. The number of nitrogens with one attached hydrogen (secondary N) is 1. The zero-order valence-electron chi connectivity index (χ0n) is 28.7. The molecule has 1 atom stereocenters. The van der Waals surface area contributed by atoms with Crippen LogP contribution in [0.5, 0.6) is 17.2 Å². The molecule has 6 rings (SSSR count). The highest BCUT2D eigenvalue weighted by atomic mass is 32.1. The van der Waals surface area contributed by atoms with E-state index in [1.54, 1.807) is 55.9 Å². The van der Waals surface area contributed by atoms with Gasteiger partial charge in [-0.1, -0.05) is 59.9 Å². The van der Waals surface area contributed by atoms with Crippen LogP contribution in [0.15, 0.2) is 118 Å². The monoisotopic (exact) mass is 703 g/mol. The van der Waals surface area contributed by atoms with E-state index in [4.69, 9.17) is 23.9 Å². The smallest absolute Gasteiger partial charge is 0.338 e. The topological polar surface area (TPSA) is 117 Å². The van der Waals surface area contributed by atoms with Gasteiger partial charge in [-0.05, 0) is 92.1 Å². The Morgan fingerprint density at radius 1 is 0.902 bits per heavy atom. The molecule has 5 aromatic rings. The van der Waals surface area contributed by atoms with Gasteiger partial charge in [0.25, 0.3) is 11.5 Å². The lowest BCUT2D eigenvalue weighted by Crippen LogP contribution is -2.40. The van der Waals surface area contributed by atoms with E-state index in [9.17, 15) is 14.4 Å². The van der Waals surface area contributed by atoms with Crippen molar-refractivity contribution in [1.82, 2.24) is 4.57 Å². The molecule has 51 heavy (non-hydrogen) atoms. The van der Waals surface area contributed by atoms with Crippen LogP contribution in [0.4, 0.5) is 5.69 Å². The molecule has 1 aliphatic rings. The molecule has 1 N–H and O–H groups in total. The number of hydrogen-bond donors (Lipinski definition) is 1. The van der Waals surface area contributed by atoms with Gasteiger partial charge in [0, 0.05) is 5.69 Å². The number of thiazole rings is 1. The maximum Gasteiger partial charge on any atom is 0.338 e. The lowest BCUT2D eigenvalue weighted by molar-refractivity contribution is -0.113. The van der Waals surface area contributed by atoms with Gasteiger partial charge in [0.15, 0.2) is 16.3 Å². The maximum atomic E-state index is 14.2. The molecule has 0 bridgehead atoms. The molecule has 11 heteroatoms. The van der Waals surface area contributed by atoms with E-state index < -0.39 is 6.04 Å². The number of para-hydroxylation sites is 1. The average Bonchev–Trinajstić information content (AvgIpc) is 3.44. The second-order valence-corrected chi connectivity index (χ2v) is 12.5. The molecule has 0 radical (unpaired) electrons. The fourth-order valence-electron chi connectivity index (χ4n) is 5.72. The highest BCUT2D eigenvalue weighted by Gasteiger charge is 2.32. The fraction of sp³-hybridized carbons (Fsp3) is 0.200. The molecule has 0 saturated heterocycles. The molecule has 10 nitrogen and oxygen atoms in total. The van der Waals surface area contributed by atoms with Crippen LogP contribution in [0, 0.1) is 0 Å². The quantitative estimate of drug-likeness (QED) is 0.158. The van der Waals surface area contributed by atoms with Crippen LogP contribution in [0.3, 0.4) is 0 Å². The Kier molecular flexibility index (Phi) is 10.8. The number of nitrogens with zero attached hydrogens (tertiary/aromatic N) is 2. The number of esters is 1. The minimum atomic E-state index is -0.723. The molecule has 4 aromatic carbocycles. The third-order valence-electron chi connectivity index (χ3n) is 8.15. The van der Waals surface area contributed by atoms with Gasteiger partial charge in [-0.3, -0.25) is 14.2 Å². The number of fused-ring (bicyclic) bond motifs is 1. The molecule has 0 aliphatic carbocycles.